The molecule has 1 aliphatic rings. The SMILES string of the molecule is C=CCn1nnc(CN)c1C1CCCCC1. The van der Waals surface area contributed by atoms with Gasteiger partial charge in [0.1, 0.15) is 0 Å². The van der Waals surface area contributed by atoms with Crippen molar-refractivity contribution in [3.8, 4) is 0 Å². The Kier molecular flexibility index (Phi) is 3.72. The van der Waals surface area contributed by atoms with Gasteiger partial charge in [-0.25, -0.2) is 4.68 Å². The van der Waals surface area contributed by atoms with Gasteiger partial charge in [-0.3, -0.25) is 0 Å². The van der Waals surface area contributed by atoms with Gasteiger partial charge in [-0.05, 0) is 12.8 Å². The Morgan fingerprint density at radius 2 is 2.12 bits per heavy atom. The topological polar surface area (TPSA) is 56.7 Å². The minimum absolute atomic E-state index is 0.489. The zero-order chi connectivity index (χ0) is 11.4. The van der Waals surface area contributed by atoms with Crippen molar-refractivity contribution < 1.29 is 0 Å². The Balaban J connectivity index is 2.26. The number of allylic oxidation sites excluding steroid dienone is 1. The average molecular weight is 220 g/mol. The molecule has 0 bridgehead atoms. The van der Waals surface area contributed by atoms with Crippen LogP contribution in [0.4, 0.5) is 0 Å². The van der Waals surface area contributed by atoms with Gasteiger partial charge >= 0.3 is 0 Å². The molecule has 0 spiro atoms. The molecule has 0 atom stereocenters. The molecule has 1 heterocycles. The van der Waals surface area contributed by atoms with E-state index in [2.05, 4.69) is 16.9 Å². The van der Waals surface area contributed by atoms with Gasteiger partial charge in [0.15, 0.2) is 0 Å². The first-order valence-electron chi connectivity index (χ1n) is 6.10. The second-order valence-electron chi connectivity index (χ2n) is 4.43. The van der Waals surface area contributed by atoms with E-state index in [0.29, 0.717) is 12.5 Å². The summed E-state index contributed by atoms with van der Waals surface area (Å²) in [6, 6.07) is 0. The first kappa shape index (κ1) is 11.3. The van der Waals surface area contributed by atoms with E-state index in [-0.39, 0.29) is 0 Å². The van der Waals surface area contributed by atoms with Crippen LogP contribution in [0.25, 0.3) is 0 Å². The molecular formula is C12H20N4. The third kappa shape index (κ3) is 2.16. The quantitative estimate of drug-likeness (QED) is 0.789. The highest BCUT2D eigenvalue weighted by molar-refractivity contribution is 5.16. The lowest BCUT2D eigenvalue weighted by molar-refractivity contribution is 0.418. The predicted octanol–water partition coefficient (Wildman–Crippen LogP) is 1.97. The third-order valence-corrected chi connectivity index (χ3v) is 3.33. The van der Waals surface area contributed by atoms with E-state index in [1.54, 1.807) is 0 Å². The molecule has 1 aliphatic carbocycles. The molecule has 0 saturated heterocycles. The van der Waals surface area contributed by atoms with E-state index in [1.807, 2.05) is 10.8 Å². The first-order valence-corrected chi connectivity index (χ1v) is 6.10. The molecule has 0 aromatic carbocycles. The van der Waals surface area contributed by atoms with Crippen LogP contribution in [0.2, 0.25) is 0 Å². The summed E-state index contributed by atoms with van der Waals surface area (Å²) < 4.78 is 1.96. The van der Waals surface area contributed by atoms with Crippen LogP contribution < -0.4 is 5.73 Å². The summed E-state index contributed by atoms with van der Waals surface area (Å²) in [6.07, 6.45) is 8.34. The largest absolute Gasteiger partial charge is 0.325 e. The molecule has 16 heavy (non-hydrogen) atoms. The molecule has 1 aromatic rings. The van der Waals surface area contributed by atoms with Gasteiger partial charge in [-0.1, -0.05) is 30.6 Å². The lowest BCUT2D eigenvalue weighted by Gasteiger charge is -2.22. The second-order valence-corrected chi connectivity index (χ2v) is 4.43. The Morgan fingerprint density at radius 3 is 2.75 bits per heavy atom. The van der Waals surface area contributed by atoms with Gasteiger partial charge in [-0.2, -0.15) is 0 Å². The van der Waals surface area contributed by atoms with Crippen LogP contribution in [0.15, 0.2) is 12.7 Å². The summed E-state index contributed by atoms with van der Waals surface area (Å²) in [6.45, 7) is 4.98. The van der Waals surface area contributed by atoms with Crippen molar-refractivity contribution in [1.29, 1.82) is 0 Å². The van der Waals surface area contributed by atoms with Gasteiger partial charge in [0.2, 0.25) is 0 Å². The highest BCUT2D eigenvalue weighted by Crippen LogP contribution is 2.33. The number of rotatable bonds is 4. The normalized spacial score (nSPS) is 17.6. The fourth-order valence-electron chi connectivity index (χ4n) is 2.58. The van der Waals surface area contributed by atoms with Crippen LogP contribution in [-0.4, -0.2) is 15.0 Å². The molecule has 4 nitrogen and oxygen atoms in total. The Hall–Kier alpha value is -1.16. The second kappa shape index (κ2) is 5.25. The molecule has 0 amide bonds. The van der Waals surface area contributed by atoms with Gasteiger partial charge in [0, 0.05) is 12.5 Å². The molecule has 1 saturated carbocycles. The molecule has 0 unspecified atom stereocenters. The molecule has 2 rings (SSSR count). The Labute approximate surface area is 96.5 Å². The van der Waals surface area contributed by atoms with E-state index < -0.39 is 0 Å². The molecule has 4 heteroatoms. The van der Waals surface area contributed by atoms with Crippen LogP contribution in [0.5, 0.6) is 0 Å². The number of hydrogen-bond acceptors (Lipinski definition) is 3. The van der Waals surface area contributed by atoms with E-state index in [0.717, 1.165) is 12.2 Å². The highest BCUT2D eigenvalue weighted by Gasteiger charge is 2.23. The van der Waals surface area contributed by atoms with Crippen LogP contribution in [-0.2, 0) is 13.1 Å². The molecule has 88 valence electrons. The van der Waals surface area contributed by atoms with Crippen LogP contribution in [0, 0.1) is 0 Å². The number of nitrogens with zero attached hydrogens (tertiary/aromatic N) is 3. The lowest BCUT2D eigenvalue weighted by atomic mass is 9.86. The van der Waals surface area contributed by atoms with Crippen molar-refractivity contribution >= 4 is 0 Å². The molecule has 0 aliphatic heterocycles. The minimum atomic E-state index is 0.489. The summed E-state index contributed by atoms with van der Waals surface area (Å²) in [5.41, 5.74) is 7.94. The smallest absolute Gasteiger partial charge is 0.0997 e. The summed E-state index contributed by atoms with van der Waals surface area (Å²) >= 11 is 0. The summed E-state index contributed by atoms with van der Waals surface area (Å²) in [5, 5.41) is 8.34. The molecule has 2 N–H and O–H groups in total. The highest BCUT2D eigenvalue weighted by atomic mass is 15.4. The first-order chi connectivity index (χ1) is 7.86. The van der Waals surface area contributed by atoms with E-state index in [1.165, 1.54) is 37.8 Å². The third-order valence-electron chi connectivity index (χ3n) is 3.33. The maximum atomic E-state index is 5.73. The van der Waals surface area contributed by atoms with Crippen molar-refractivity contribution in [2.45, 2.75) is 51.1 Å². The van der Waals surface area contributed by atoms with E-state index >= 15 is 0 Å². The fraction of sp³-hybridized carbons (Fsp3) is 0.667. The standard InChI is InChI=1S/C12H20N4/c1-2-8-16-12(11(9-13)14-15-16)10-6-4-3-5-7-10/h2,10H,1,3-9,13H2. The maximum Gasteiger partial charge on any atom is 0.0997 e. The van der Waals surface area contributed by atoms with E-state index in [4.69, 9.17) is 5.73 Å². The van der Waals surface area contributed by atoms with Gasteiger partial charge in [0.25, 0.3) is 0 Å². The van der Waals surface area contributed by atoms with Crippen molar-refractivity contribution in [2.24, 2.45) is 5.73 Å². The lowest BCUT2D eigenvalue weighted by Crippen LogP contribution is -2.14. The van der Waals surface area contributed by atoms with Crippen molar-refractivity contribution in [2.75, 3.05) is 0 Å². The van der Waals surface area contributed by atoms with Gasteiger partial charge < -0.3 is 5.73 Å². The zero-order valence-electron chi connectivity index (χ0n) is 9.73. The molecule has 1 aromatic heterocycles. The molecular weight excluding hydrogens is 200 g/mol. The number of nitrogens with two attached hydrogens (primary N) is 1. The fourth-order valence-corrected chi connectivity index (χ4v) is 2.58. The monoisotopic (exact) mass is 220 g/mol. The van der Waals surface area contributed by atoms with Gasteiger partial charge in [0.05, 0.1) is 17.9 Å². The molecule has 0 radical (unpaired) electrons. The van der Waals surface area contributed by atoms with Crippen molar-refractivity contribution in [1.82, 2.24) is 15.0 Å². The summed E-state index contributed by atoms with van der Waals surface area (Å²) in [7, 11) is 0. The number of aromatic nitrogens is 3. The zero-order valence-corrected chi connectivity index (χ0v) is 9.73. The van der Waals surface area contributed by atoms with Crippen LogP contribution >= 0.6 is 0 Å². The van der Waals surface area contributed by atoms with Crippen LogP contribution in [0.3, 0.4) is 0 Å². The van der Waals surface area contributed by atoms with Gasteiger partial charge in [-0.15, -0.1) is 11.7 Å². The Morgan fingerprint density at radius 1 is 1.38 bits per heavy atom. The minimum Gasteiger partial charge on any atom is -0.325 e. The molecule has 1 fully saturated rings. The Bertz CT molecular complexity index is 350. The van der Waals surface area contributed by atoms with Crippen molar-refractivity contribution in [3.63, 3.8) is 0 Å². The maximum absolute atomic E-state index is 5.73. The summed E-state index contributed by atoms with van der Waals surface area (Å²) in [5.74, 6) is 0.599. The average Bonchev–Trinajstić information content (AvgIpc) is 2.74. The number of hydrogen-bond donors (Lipinski definition) is 1. The predicted molar refractivity (Wildman–Crippen MR) is 63.9 cm³/mol. The van der Waals surface area contributed by atoms with E-state index in [9.17, 15) is 0 Å². The van der Waals surface area contributed by atoms with Crippen molar-refractivity contribution in [3.05, 3.63) is 24.0 Å². The summed E-state index contributed by atoms with van der Waals surface area (Å²) in [4.78, 5) is 0. The van der Waals surface area contributed by atoms with Crippen LogP contribution in [0.1, 0.15) is 49.4 Å².